The van der Waals surface area contributed by atoms with Gasteiger partial charge in [-0.2, -0.15) is 31.6 Å². The van der Waals surface area contributed by atoms with Gasteiger partial charge in [0, 0.05) is 76.2 Å². The maximum atomic E-state index is 13.7. The van der Waals surface area contributed by atoms with E-state index in [-0.39, 0.29) is 41.2 Å². The Bertz CT molecular complexity index is 1910. The lowest BCUT2D eigenvalue weighted by Gasteiger charge is -2.44. The van der Waals surface area contributed by atoms with Gasteiger partial charge in [0.15, 0.2) is 0 Å². The number of pyridine rings is 1. The first kappa shape index (κ1) is 49.2. The van der Waals surface area contributed by atoms with Crippen molar-refractivity contribution in [3.63, 3.8) is 0 Å². The quantitative estimate of drug-likeness (QED) is 0.113. The number of aromatic hydroxyl groups is 1. The summed E-state index contributed by atoms with van der Waals surface area (Å²) in [5.74, 6) is 0.245. The minimum atomic E-state index is -4.33. The first-order valence-corrected chi connectivity index (χ1v) is 21.6. The van der Waals surface area contributed by atoms with Crippen LogP contribution in [0.1, 0.15) is 80.4 Å². The van der Waals surface area contributed by atoms with Gasteiger partial charge in [-0.05, 0) is 63.1 Å². The lowest BCUT2D eigenvalue weighted by atomic mass is 9.73. The first-order chi connectivity index (χ1) is 27.8. The Morgan fingerprint density at radius 2 is 1.73 bits per heavy atom. The zero-order chi connectivity index (χ0) is 44.0. The second-order valence-corrected chi connectivity index (χ2v) is 17.4. The number of ether oxygens (including phenoxy) is 1. The highest BCUT2D eigenvalue weighted by molar-refractivity contribution is 7.53. The molecule has 59 heavy (non-hydrogen) atoms. The molecule has 2 fully saturated rings. The lowest BCUT2D eigenvalue weighted by Crippen LogP contribution is -2.55. The van der Waals surface area contributed by atoms with Gasteiger partial charge in [0.2, 0.25) is 11.8 Å². The number of amides is 2. The molecule has 2 atom stereocenters. The maximum Gasteiger partial charge on any atom is 0.425 e. The van der Waals surface area contributed by atoms with Crippen molar-refractivity contribution in [1.29, 1.82) is 5.26 Å². The summed E-state index contributed by atoms with van der Waals surface area (Å²) in [7, 11) is -0.365. The number of aryl methyl sites for hydroxylation is 1. The Labute approximate surface area is 344 Å². The summed E-state index contributed by atoms with van der Waals surface area (Å²) in [5, 5.41) is 19.9. The number of halogens is 6. The molecule has 326 valence electrons. The standard InChI is InChI=1S/C28H42N3O6P.C7H6F3N.C5H3F3OS/c1-5-10-25-23(11-8-16-31(25)22(2)32)27(33)30-17-14-28(21-29,15-18-30)24-12-6-7-13-26(24)37-19-9-20-38(34,35-3)36-4;1-5-4-11-3-2-6(5)7(8,9)10;6-5(7,8)4-1-3(9)2-10-4/h6-7,12-13,23,25H,5,8-11,14-20H2,1-4H3;2-4H,1H3;1-2,9H. The molecule has 3 aromatic rings. The van der Waals surface area contributed by atoms with Crippen LogP contribution in [0.25, 0.3) is 0 Å². The average molecular weight is 877 g/mol. The molecule has 2 amide bonds. The molecule has 2 aliphatic heterocycles. The minimum absolute atomic E-state index is 0.0342. The highest BCUT2D eigenvalue weighted by atomic mass is 32.1. The van der Waals surface area contributed by atoms with E-state index in [1.807, 2.05) is 34.1 Å². The van der Waals surface area contributed by atoms with Gasteiger partial charge < -0.3 is 28.7 Å². The van der Waals surface area contributed by atoms with Crippen molar-refractivity contribution in [2.45, 2.75) is 89.5 Å². The van der Waals surface area contributed by atoms with Crippen molar-refractivity contribution in [1.82, 2.24) is 14.8 Å². The van der Waals surface area contributed by atoms with Crippen LogP contribution in [0, 0.1) is 24.2 Å². The Morgan fingerprint density at radius 1 is 1.07 bits per heavy atom. The third kappa shape index (κ3) is 13.7. The average Bonchev–Trinajstić information content (AvgIpc) is 3.67. The molecule has 19 heteroatoms. The number of hydrogen-bond donors (Lipinski definition) is 1. The number of hydrogen-bond acceptors (Lipinski definition) is 10. The Kier molecular flexibility index (Phi) is 18.3. The number of likely N-dealkylation sites (tertiary alicyclic amines) is 2. The van der Waals surface area contributed by atoms with Crippen LogP contribution in [-0.2, 0) is 41.0 Å². The third-order valence-electron chi connectivity index (χ3n) is 10.2. The largest absolute Gasteiger partial charge is 0.507 e. The van der Waals surface area contributed by atoms with Crippen LogP contribution in [0.4, 0.5) is 26.3 Å². The predicted octanol–water partition coefficient (Wildman–Crippen LogP) is 9.63. The second kappa shape index (κ2) is 21.9. The number of nitrogens with zero attached hydrogens (tertiary/aromatic N) is 4. The molecule has 0 radical (unpaired) electrons. The maximum absolute atomic E-state index is 13.7. The summed E-state index contributed by atoms with van der Waals surface area (Å²) >= 11 is 0.481. The Morgan fingerprint density at radius 3 is 2.22 bits per heavy atom. The van der Waals surface area contributed by atoms with E-state index in [1.54, 1.807) is 6.92 Å². The van der Waals surface area contributed by atoms with Crippen molar-refractivity contribution in [3.05, 3.63) is 75.7 Å². The summed E-state index contributed by atoms with van der Waals surface area (Å²) in [4.78, 5) is 32.5. The number of thiophene rings is 1. The van der Waals surface area contributed by atoms with Crippen molar-refractivity contribution in [3.8, 4) is 17.6 Å². The molecule has 0 aliphatic carbocycles. The topological polar surface area (TPSA) is 142 Å². The molecule has 2 unspecified atom stereocenters. The Balaban J connectivity index is 0.000000357. The van der Waals surface area contributed by atoms with Crippen LogP contribution in [-0.4, -0.2) is 84.4 Å². The van der Waals surface area contributed by atoms with Crippen LogP contribution in [0.5, 0.6) is 11.5 Å². The zero-order valence-corrected chi connectivity index (χ0v) is 35.4. The van der Waals surface area contributed by atoms with Gasteiger partial charge in [-0.1, -0.05) is 31.5 Å². The molecule has 11 nitrogen and oxygen atoms in total. The zero-order valence-electron chi connectivity index (χ0n) is 33.6. The smallest absolute Gasteiger partial charge is 0.425 e. The SMILES string of the molecule is CCCC1C(C(=O)N2CCC(C#N)(c3ccccc3OCCCP(=O)(OC)OC)CC2)CCCN1C(C)=O.Cc1cnccc1C(F)(F)F.Oc1csc(C(F)(F)F)c1. The van der Waals surface area contributed by atoms with E-state index in [9.17, 15) is 45.8 Å². The molecule has 0 spiro atoms. The minimum Gasteiger partial charge on any atom is -0.507 e. The molecule has 5 rings (SSSR count). The summed E-state index contributed by atoms with van der Waals surface area (Å²) in [6, 6.07) is 11.7. The number of rotatable bonds is 11. The van der Waals surface area contributed by atoms with E-state index >= 15 is 0 Å². The third-order valence-corrected chi connectivity index (χ3v) is 13.2. The number of para-hydroxylation sites is 1. The van der Waals surface area contributed by atoms with Gasteiger partial charge in [0.05, 0.1) is 35.7 Å². The van der Waals surface area contributed by atoms with Crippen LogP contribution in [0.2, 0.25) is 0 Å². The molecule has 0 bridgehead atoms. The molecule has 2 saturated heterocycles. The molecular weight excluding hydrogens is 825 g/mol. The van der Waals surface area contributed by atoms with Crippen molar-refractivity contribution in [2.75, 3.05) is 46.6 Å². The molecule has 2 aromatic heterocycles. The number of nitriles is 1. The highest BCUT2D eigenvalue weighted by Crippen LogP contribution is 2.47. The fourth-order valence-corrected chi connectivity index (χ4v) is 8.79. The fourth-order valence-electron chi connectivity index (χ4n) is 7.13. The van der Waals surface area contributed by atoms with Gasteiger partial charge in [-0.15, -0.1) is 11.3 Å². The van der Waals surface area contributed by atoms with E-state index in [4.69, 9.17) is 18.9 Å². The monoisotopic (exact) mass is 876 g/mol. The number of carbonyl (C=O) groups excluding carboxylic acids is 2. The molecule has 1 N–H and O–H groups in total. The number of piperidine rings is 2. The summed E-state index contributed by atoms with van der Waals surface area (Å²) in [6.45, 7) is 7.06. The number of carbonyl (C=O) groups is 2. The van der Waals surface area contributed by atoms with Gasteiger partial charge in [0.25, 0.3) is 0 Å². The first-order valence-electron chi connectivity index (χ1n) is 19.0. The summed E-state index contributed by atoms with van der Waals surface area (Å²) in [6.07, 6.45) is -1.14. The van der Waals surface area contributed by atoms with Crippen LogP contribution >= 0.6 is 18.9 Å². The van der Waals surface area contributed by atoms with E-state index in [0.29, 0.717) is 68.7 Å². The summed E-state index contributed by atoms with van der Waals surface area (Å²) in [5.41, 5.74) is -0.407. The molecular formula is C40H51F6N4O7PS. The number of benzene rings is 1. The van der Waals surface area contributed by atoms with Gasteiger partial charge in [-0.3, -0.25) is 19.1 Å². The van der Waals surface area contributed by atoms with E-state index in [0.717, 1.165) is 48.9 Å². The molecule has 4 heterocycles. The van der Waals surface area contributed by atoms with Crippen molar-refractivity contribution < 1.29 is 59.4 Å². The van der Waals surface area contributed by atoms with E-state index in [2.05, 4.69) is 18.0 Å². The molecule has 2 aliphatic rings. The predicted molar refractivity (Wildman–Crippen MR) is 210 cm³/mol. The van der Waals surface area contributed by atoms with Crippen LogP contribution < -0.4 is 4.74 Å². The second-order valence-electron chi connectivity index (χ2n) is 14.1. The molecule has 0 saturated carbocycles. The van der Waals surface area contributed by atoms with Gasteiger partial charge >= 0.3 is 19.9 Å². The normalized spacial score (nSPS) is 18.1. The molecule has 1 aromatic carbocycles. The van der Waals surface area contributed by atoms with Gasteiger partial charge in [-0.25, -0.2) is 0 Å². The van der Waals surface area contributed by atoms with Crippen LogP contribution in [0.15, 0.2) is 54.2 Å². The van der Waals surface area contributed by atoms with Gasteiger partial charge in [0.1, 0.15) is 16.4 Å². The van der Waals surface area contributed by atoms with Crippen molar-refractivity contribution in [2.24, 2.45) is 5.92 Å². The number of aromatic nitrogens is 1. The van der Waals surface area contributed by atoms with E-state index in [1.165, 1.54) is 27.3 Å². The van der Waals surface area contributed by atoms with E-state index < -0.39 is 35.8 Å². The van der Waals surface area contributed by atoms with Crippen LogP contribution in [0.3, 0.4) is 0 Å². The summed E-state index contributed by atoms with van der Waals surface area (Å²) < 4.78 is 99.5. The lowest BCUT2D eigenvalue weighted by molar-refractivity contribution is -0.145. The highest BCUT2D eigenvalue weighted by Gasteiger charge is 2.44. The number of alkyl halides is 6. The Hall–Kier alpha value is -4.17. The van der Waals surface area contributed by atoms with Crippen molar-refractivity contribution >= 4 is 30.7 Å². The fraction of sp³-hybridized carbons (Fsp3) is 0.550.